The van der Waals surface area contributed by atoms with Crippen molar-refractivity contribution in [1.29, 1.82) is 0 Å². The van der Waals surface area contributed by atoms with Gasteiger partial charge in [-0.2, -0.15) is 0 Å². The van der Waals surface area contributed by atoms with Gasteiger partial charge in [0.15, 0.2) is 0 Å². The van der Waals surface area contributed by atoms with E-state index in [0.717, 1.165) is 0 Å². The summed E-state index contributed by atoms with van der Waals surface area (Å²) >= 11 is 0. The summed E-state index contributed by atoms with van der Waals surface area (Å²) < 4.78 is 0. The lowest BCUT2D eigenvalue weighted by Gasteiger charge is -2.45. The average molecular weight is 441 g/mol. The maximum atomic E-state index is 2.62. The van der Waals surface area contributed by atoms with E-state index in [-0.39, 0.29) is 6.17 Å². The molecule has 0 amide bonds. The Hall–Kier alpha value is -4.04. The number of aryl methyl sites for hydroxylation is 1. The second-order valence-electron chi connectivity index (χ2n) is 9.11. The van der Waals surface area contributed by atoms with E-state index in [4.69, 9.17) is 0 Å². The number of nitrogens with zero attached hydrogens (tertiary/aromatic N) is 2. The number of fused-ring (bicyclic) bond motifs is 1. The van der Waals surface area contributed by atoms with Gasteiger partial charge in [-0.05, 0) is 54.3 Å². The summed E-state index contributed by atoms with van der Waals surface area (Å²) in [4.78, 5) is 5.14. The average Bonchev–Trinajstić information content (AvgIpc) is 3.43. The molecule has 34 heavy (non-hydrogen) atoms. The minimum atomic E-state index is -0.406. The number of allylic oxidation sites excluding steroid dienone is 2. The number of para-hydroxylation sites is 1. The molecule has 2 aliphatic rings. The van der Waals surface area contributed by atoms with E-state index < -0.39 is 5.54 Å². The summed E-state index contributed by atoms with van der Waals surface area (Å²) in [6.45, 7) is 4.46. The molecule has 0 aromatic heterocycles. The van der Waals surface area contributed by atoms with E-state index in [1.54, 1.807) is 0 Å². The Kier molecular flexibility index (Phi) is 4.88. The van der Waals surface area contributed by atoms with Crippen molar-refractivity contribution in [2.45, 2.75) is 25.6 Å². The van der Waals surface area contributed by atoms with Crippen LogP contribution in [0, 0.1) is 6.92 Å². The highest BCUT2D eigenvalue weighted by molar-refractivity contribution is 5.66. The highest BCUT2D eigenvalue weighted by atomic mass is 15.5. The van der Waals surface area contributed by atoms with Crippen LogP contribution in [-0.4, -0.2) is 4.90 Å². The highest BCUT2D eigenvalue weighted by Crippen LogP contribution is 2.56. The molecule has 6 rings (SSSR count). The van der Waals surface area contributed by atoms with Gasteiger partial charge < -0.3 is 9.80 Å². The normalized spacial score (nSPS) is 18.5. The number of anilines is 1. The van der Waals surface area contributed by atoms with Crippen LogP contribution in [0.15, 0.2) is 139 Å². The van der Waals surface area contributed by atoms with Gasteiger partial charge in [-0.3, -0.25) is 0 Å². The Morgan fingerprint density at radius 2 is 1.15 bits per heavy atom. The van der Waals surface area contributed by atoms with E-state index in [1.165, 1.54) is 39.3 Å². The zero-order valence-corrected chi connectivity index (χ0v) is 19.6. The van der Waals surface area contributed by atoms with Crippen molar-refractivity contribution >= 4 is 5.69 Å². The van der Waals surface area contributed by atoms with Crippen LogP contribution in [0.3, 0.4) is 0 Å². The topological polar surface area (TPSA) is 6.48 Å². The summed E-state index contributed by atoms with van der Waals surface area (Å²) in [5.41, 5.74) is 8.48. The van der Waals surface area contributed by atoms with Crippen molar-refractivity contribution in [2.24, 2.45) is 0 Å². The smallest absolute Gasteiger partial charge is 0.134 e. The minimum absolute atomic E-state index is 0.0210. The molecule has 0 fully saturated rings. The van der Waals surface area contributed by atoms with Crippen LogP contribution in [0.4, 0.5) is 5.69 Å². The molecular formula is C32H28N2. The first-order valence-electron chi connectivity index (χ1n) is 11.9. The predicted octanol–water partition coefficient (Wildman–Crippen LogP) is 7.56. The molecule has 166 valence electrons. The van der Waals surface area contributed by atoms with Crippen LogP contribution in [0.1, 0.15) is 35.3 Å². The second kappa shape index (κ2) is 8.07. The van der Waals surface area contributed by atoms with E-state index >= 15 is 0 Å². The molecule has 0 N–H and O–H groups in total. The molecule has 0 saturated heterocycles. The van der Waals surface area contributed by atoms with Gasteiger partial charge in [-0.15, -0.1) is 0 Å². The van der Waals surface area contributed by atoms with Crippen LogP contribution in [0.25, 0.3) is 0 Å². The van der Waals surface area contributed by atoms with Gasteiger partial charge in [-0.25, -0.2) is 0 Å². The summed E-state index contributed by atoms with van der Waals surface area (Å²) in [6, 6.07) is 41.4. The number of benzene rings is 4. The second-order valence-corrected chi connectivity index (χ2v) is 9.11. The minimum Gasteiger partial charge on any atom is -0.328 e. The molecule has 4 aromatic carbocycles. The van der Waals surface area contributed by atoms with Crippen molar-refractivity contribution in [3.8, 4) is 0 Å². The molecule has 2 aliphatic heterocycles. The van der Waals surface area contributed by atoms with E-state index in [1.807, 2.05) is 0 Å². The fourth-order valence-electron chi connectivity index (χ4n) is 5.68. The largest absolute Gasteiger partial charge is 0.328 e. The van der Waals surface area contributed by atoms with E-state index in [9.17, 15) is 0 Å². The lowest BCUT2D eigenvalue weighted by atomic mass is 9.81. The molecule has 1 atom stereocenters. The van der Waals surface area contributed by atoms with Crippen molar-refractivity contribution in [2.75, 3.05) is 4.90 Å². The van der Waals surface area contributed by atoms with E-state index in [2.05, 4.69) is 151 Å². The predicted molar refractivity (Wildman–Crippen MR) is 140 cm³/mol. The van der Waals surface area contributed by atoms with Crippen LogP contribution in [-0.2, 0) is 5.54 Å². The molecule has 0 saturated carbocycles. The van der Waals surface area contributed by atoms with Crippen LogP contribution < -0.4 is 4.90 Å². The Labute approximate surface area is 202 Å². The first kappa shape index (κ1) is 20.6. The monoisotopic (exact) mass is 440 g/mol. The number of hydrogen-bond acceptors (Lipinski definition) is 2. The Morgan fingerprint density at radius 1 is 0.618 bits per heavy atom. The van der Waals surface area contributed by atoms with Gasteiger partial charge in [0.25, 0.3) is 0 Å². The summed E-state index contributed by atoms with van der Waals surface area (Å²) in [5.74, 6) is 0. The molecule has 0 spiro atoms. The third-order valence-corrected chi connectivity index (χ3v) is 7.24. The van der Waals surface area contributed by atoms with Gasteiger partial charge in [-0.1, -0.05) is 109 Å². The number of hydrogen-bond donors (Lipinski definition) is 0. The van der Waals surface area contributed by atoms with Gasteiger partial charge in [0.2, 0.25) is 0 Å². The third-order valence-electron chi connectivity index (χ3n) is 7.24. The SMILES string of the molecule is CC1=C2C=CC(c3ccccc3)(c3ccccc3)N2C(c2ccccc2)N1c1ccccc1C. The number of rotatable bonds is 4. The quantitative estimate of drug-likeness (QED) is 0.323. The fourth-order valence-corrected chi connectivity index (χ4v) is 5.68. The Balaban J connectivity index is 1.64. The molecule has 0 aliphatic carbocycles. The third kappa shape index (κ3) is 2.95. The summed E-state index contributed by atoms with van der Waals surface area (Å²) in [5, 5.41) is 0. The summed E-state index contributed by atoms with van der Waals surface area (Å²) in [7, 11) is 0. The van der Waals surface area contributed by atoms with Gasteiger partial charge in [0.05, 0.1) is 5.70 Å². The lowest BCUT2D eigenvalue weighted by molar-refractivity contribution is 0.191. The van der Waals surface area contributed by atoms with Gasteiger partial charge in [0.1, 0.15) is 11.7 Å². The van der Waals surface area contributed by atoms with Crippen LogP contribution in [0.2, 0.25) is 0 Å². The molecule has 2 heterocycles. The molecule has 1 unspecified atom stereocenters. The molecule has 2 nitrogen and oxygen atoms in total. The van der Waals surface area contributed by atoms with Gasteiger partial charge in [0, 0.05) is 11.4 Å². The lowest BCUT2D eigenvalue weighted by Crippen LogP contribution is -2.45. The van der Waals surface area contributed by atoms with Crippen LogP contribution >= 0.6 is 0 Å². The van der Waals surface area contributed by atoms with Crippen LogP contribution in [0.5, 0.6) is 0 Å². The maximum Gasteiger partial charge on any atom is 0.134 e. The Bertz CT molecular complexity index is 1330. The first-order valence-corrected chi connectivity index (χ1v) is 11.9. The summed E-state index contributed by atoms with van der Waals surface area (Å²) in [6.07, 6.45) is 4.73. The Morgan fingerprint density at radius 3 is 1.74 bits per heavy atom. The standard InChI is InChI=1S/C32H28N2/c1-24-14-12-13-21-29(24)33-25(2)30-22-23-32(27-17-8-4-9-18-27,28-19-10-5-11-20-28)34(30)31(33)26-15-6-3-7-16-26/h3-23,31H,1-2H3. The zero-order chi connectivity index (χ0) is 23.1. The molecular weight excluding hydrogens is 412 g/mol. The van der Waals surface area contributed by atoms with Crippen molar-refractivity contribution in [1.82, 2.24) is 4.90 Å². The molecule has 2 heteroatoms. The molecule has 4 aromatic rings. The molecule has 0 radical (unpaired) electrons. The fraction of sp³-hybridized carbons (Fsp3) is 0.125. The van der Waals surface area contributed by atoms with E-state index in [0.29, 0.717) is 0 Å². The highest BCUT2D eigenvalue weighted by Gasteiger charge is 2.52. The van der Waals surface area contributed by atoms with Crippen molar-refractivity contribution in [3.63, 3.8) is 0 Å². The van der Waals surface area contributed by atoms with Gasteiger partial charge >= 0.3 is 0 Å². The zero-order valence-electron chi connectivity index (χ0n) is 19.6. The van der Waals surface area contributed by atoms with Crippen molar-refractivity contribution < 1.29 is 0 Å². The van der Waals surface area contributed by atoms with Crippen molar-refractivity contribution in [3.05, 3.63) is 161 Å². The first-order chi connectivity index (χ1) is 16.7. The molecule has 0 bridgehead atoms. The maximum absolute atomic E-state index is 2.62.